The second-order valence-electron chi connectivity index (χ2n) is 4.62. The summed E-state index contributed by atoms with van der Waals surface area (Å²) in [5.74, 6) is 2.02. The average Bonchev–Trinajstić information content (AvgIpc) is 2.81. The molecule has 2 rings (SSSR count). The van der Waals surface area contributed by atoms with E-state index in [-0.39, 0.29) is 11.8 Å². The molecule has 1 atom stereocenters. The molecule has 0 N–H and O–H groups in total. The van der Waals surface area contributed by atoms with E-state index in [9.17, 15) is 9.59 Å². The van der Waals surface area contributed by atoms with E-state index < -0.39 is 5.97 Å². The van der Waals surface area contributed by atoms with Gasteiger partial charge in [-0.2, -0.15) is 0 Å². The van der Waals surface area contributed by atoms with Gasteiger partial charge in [-0.15, -0.1) is 12.3 Å². The predicted octanol–water partition coefficient (Wildman–Crippen LogP) is 1.55. The van der Waals surface area contributed by atoms with Crippen LogP contribution in [0.3, 0.4) is 0 Å². The van der Waals surface area contributed by atoms with Crippen LogP contribution in [-0.4, -0.2) is 30.0 Å². The topological polar surface area (TPSA) is 59.5 Å². The van der Waals surface area contributed by atoms with Gasteiger partial charge in [-0.25, -0.2) is 4.79 Å². The number of ether oxygens (including phenoxy) is 1. The minimum atomic E-state index is -0.443. The number of pyridine rings is 1. The van der Waals surface area contributed by atoms with Gasteiger partial charge in [-0.1, -0.05) is 0 Å². The van der Waals surface area contributed by atoms with Crippen molar-refractivity contribution in [1.82, 2.24) is 4.98 Å². The summed E-state index contributed by atoms with van der Waals surface area (Å²) in [4.78, 5) is 29.5. The van der Waals surface area contributed by atoms with Crippen molar-refractivity contribution in [3.63, 3.8) is 0 Å². The van der Waals surface area contributed by atoms with Crippen LogP contribution in [0.15, 0.2) is 12.3 Å². The number of rotatable bonds is 3. The van der Waals surface area contributed by atoms with E-state index in [1.54, 1.807) is 24.8 Å². The van der Waals surface area contributed by atoms with Gasteiger partial charge in [-0.05, 0) is 19.9 Å². The van der Waals surface area contributed by atoms with Crippen molar-refractivity contribution in [2.45, 2.75) is 20.3 Å². The normalized spacial score (nSPS) is 17.9. The summed E-state index contributed by atoms with van der Waals surface area (Å²) >= 11 is 0. The van der Waals surface area contributed by atoms with E-state index >= 15 is 0 Å². The standard InChI is InChI=1S/C15H16N2O3/c1-4-11-6-14(18)17(9-11)13-7-12(8-16-10(13)3)15(19)20-5-2/h1,7-8,11H,5-6,9H2,2-3H3. The minimum Gasteiger partial charge on any atom is -0.462 e. The van der Waals surface area contributed by atoms with E-state index in [1.165, 1.54) is 6.20 Å². The van der Waals surface area contributed by atoms with Crippen LogP contribution in [0.25, 0.3) is 0 Å². The number of hydrogen-bond donors (Lipinski definition) is 0. The van der Waals surface area contributed by atoms with Gasteiger partial charge in [0.25, 0.3) is 0 Å². The zero-order valence-electron chi connectivity index (χ0n) is 11.5. The quantitative estimate of drug-likeness (QED) is 0.619. The molecule has 0 aromatic carbocycles. The van der Waals surface area contributed by atoms with E-state index in [1.807, 2.05) is 0 Å². The minimum absolute atomic E-state index is 0.0427. The highest BCUT2D eigenvalue weighted by Crippen LogP contribution is 2.27. The molecule has 1 saturated heterocycles. The number of nitrogens with zero attached hydrogens (tertiary/aromatic N) is 2. The van der Waals surface area contributed by atoms with Crippen molar-refractivity contribution in [3.05, 3.63) is 23.5 Å². The maximum atomic E-state index is 12.0. The third-order valence-electron chi connectivity index (χ3n) is 3.22. The molecule has 0 bridgehead atoms. The number of hydrogen-bond acceptors (Lipinski definition) is 4. The number of anilines is 1. The molecule has 1 aromatic rings. The van der Waals surface area contributed by atoms with Gasteiger partial charge in [0, 0.05) is 25.1 Å². The third-order valence-corrected chi connectivity index (χ3v) is 3.22. The molecule has 104 valence electrons. The molecular formula is C15H16N2O3. The first-order chi connectivity index (χ1) is 9.56. The summed E-state index contributed by atoms with van der Waals surface area (Å²) in [5.41, 5.74) is 1.65. The molecule has 2 heterocycles. The molecule has 1 aliphatic rings. The summed E-state index contributed by atoms with van der Waals surface area (Å²) in [6.45, 7) is 4.29. The number of amides is 1. The monoisotopic (exact) mass is 272 g/mol. The number of carbonyl (C=O) groups is 2. The van der Waals surface area contributed by atoms with E-state index in [4.69, 9.17) is 11.2 Å². The smallest absolute Gasteiger partial charge is 0.339 e. The van der Waals surface area contributed by atoms with Crippen molar-refractivity contribution >= 4 is 17.6 Å². The Kier molecular flexibility index (Phi) is 4.04. The number of esters is 1. The van der Waals surface area contributed by atoms with Gasteiger partial charge in [-0.3, -0.25) is 9.78 Å². The van der Waals surface area contributed by atoms with Gasteiger partial charge in [0.2, 0.25) is 5.91 Å². The van der Waals surface area contributed by atoms with Gasteiger partial charge in [0.15, 0.2) is 0 Å². The van der Waals surface area contributed by atoms with Crippen LogP contribution < -0.4 is 4.90 Å². The summed E-state index contributed by atoms with van der Waals surface area (Å²) in [6, 6.07) is 1.64. The molecule has 0 radical (unpaired) electrons. The van der Waals surface area contributed by atoms with Crippen LogP contribution in [0.5, 0.6) is 0 Å². The van der Waals surface area contributed by atoms with Crippen LogP contribution in [0, 0.1) is 25.2 Å². The van der Waals surface area contributed by atoms with Crippen LogP contribution >= 0.6 is 0 Å². The lowest BCUT2D eigenvalue weighted by molar-refractivity contribution is -0.117. The van der Waals surface area contributed by atoms with Crippen LogP contribution in [-0.2, 0) is 9.53 Å². The lowest BCUT2D eigenvalue weighted by atomic mass is 10.1. The zero-order valence-corrected chi connectivity index (χ0v) is 11.5. The average molecular weight is 272 g/mol. The molecule has 0 aliphatic carbocycles. The van der Waals surface area contributed by atoms with Gasteiger partial charge < -0.3 is 9.64 Å². The van der Waals surface area contributed by atoms with Gasteiger partial charge >= 0.3 is 5.97 Å². The summed E-state index contributed by atoms with van der Waals surface area (Å²) in [5, 5.41) is 0. The highest BCUT2D eigenvalue weighted by Gasteiger charge is 2.31. The molecule has 0 saturated carbocycles. The molecule has 1 aliphatic heterocycles. The molecule has 5 nitrogen and oxygen atoms in total. The summed E-state index contributed by atoms with van der Waals surface area (Å²) < 4.78 is 4.94. The van der Waals surface area contributed by atoms with E-state index in [0.717, 1.165) is 0 Å². The summed E-state index contributed by atoms with van der Waals surface area (Å²) in [7, 11) is 0. The first-order valence-electron chi connectivity index (χ1n) is 6.47. The molecule has 1 unspecified atom stereocenters. The molecular weight excluding hydrogens is 256 g/mol. The Labute approximate surface area is 117 Å². The third kappa shape index (κ3) is 2.64. The molecule has 1 fully saturated rings. The molecule has 0 spiro atoms. The van der Waals surface area contributed by atoms with Crippen molar-refractivity contribution in [3.8, 4) is 12.3 Å². The van der Waals surface area contributed by atoms with E-state index in [2.05, 4.69) is 10.9 Å². The van der Waals surface area contributed by atoms with E-state index in [0.29, 0.717) is 36.5 Å². The summed E-state index contributed by atoms with van der Waals surface area (Å²) in [6.07, 6.45) is 7.16. The fourth-order valence-electron chi connectivity index (χ4n) is 2.17. The predicted molar refractivity (Wildman–Crippen MR) is 74.2 cm³/mol. The molecule has 1 aromatic heterocycles. The fraction of sp³-hybridized carbons (Fsp3) is 0.400. The lowest BCUT2D eigenvalue weighted by Crippen LogP contribution is -2.26. The Morgan fingerprint density at radius 2 is 2.40 bits per heavy atom. The molecule has 1 amide bonds. The number of aromatic nitrogens is 1. The fourth-order valence-corrected chi connectivity index (χ4v) is 2.17. The number of aryl methyl sites for hydroxylation is 1. The molecule has 20 heavy (non-hydrogen) atoms. The largest absolute Gasteiger partial charge is 0.462 e. The second-order valence-corrected chi connectivity index (χ2v) is 4.62. The maximum absolute atomic E-state index is 12.0. The van der Waals surface area contributed by atoms with Gasteiger partial charge in [0.05, 0.1) is 23.6 Å². The highest BCUT2D eigenvalue weighted by molar-refractivity contribution is 5.98. The van der Waals surface area contributed by atoms with Crippen LogP contribution in [0.1, 0.15) is 29.4 Å². The Morgan fingerprint density at radius 3 is 3.00 bits per heavy atom. The Bertz CT molecular complexity index is 589. The van der Waals surface area contributed by atoms with Crippen LogP contribution in [0.2, 0.25) is 0 Å². The first kappa shape index (κ1) is 14.1. The Morgan fingerprint density at radius 1 is 1.65 bits per heavy atom. The Balaban J connectivity index is 2.32. The molecule has 5 heteroatoms. The van der Waals surface area contributed by atoms with Crippen molar-refractivity contribution in [2.75, 3.05) is 18.1 Å². The van der Waals surface area contributed by atoms with Crippen molar-refractivity contribution < 1.29 is 14.3 Å². The lowest BCUT2D eigenvalue weighted by Gasteiger charge is -2.18. The Hall–Kier alpha value is -2.35. The number of carbonyl (C=O) groups excluding carboxylic acids is 2. The maximum Gasteiger partial charge on any atom is 0.339 e. The van der Waals surface area contributed by atoms with Crippen molar-refractivity contribution in [1.29, 1.82) is 0 Å². The number of terminal acetylenes is 1. The SMILES string of the molecule is C#CC1CC(=O)N(c2cc(C(=O)OCC)cnc2C)C1. The van der Waals surface area contributed by atoms with Gasteiger partial charge in [0.1, 0.15) is 0 Å². The second kappa shape index (κ2) is 5.74. The van der Waals surface area contributed by atoms with Crippen LogP contribution in [0.4, 0.5) is 5.69 Å². The van der Waals surface area contributed by atoms with Crippen molar-refractivity contribution in [2.24, 2.45) is 5.92 Å². The zero-order chi connectivity index (χ0) is 14.7. The first-order valence-corrected chi connectivity index (χ1v) is 6.47. The highest BCUT2D eigenvalue weighted by atomic mass is 16.5.